The molecule has 1 unspecified atom stereocenters. The Kier molecular flexibility index (Phi) is 3.99. The van der Waals surface area contributed by atoms with Crippen molar-refractivity contribution in [3.63, 3.8) is 0 Å². The van der Waals surface area contributed by atoms with E-state index in [1.165, 1.54) is 18.4 Å². The highest BCUT2D eigenvalue weighted by Crippen LogP contribution is 2.23. The van der Waals surface area contributed by atoms with Crippen molar-refractivity contribution in [1.29, 1.82) is 0 Å². The van der Waals surface area contributed by atoms with Gasteiger partial charge in [-0.15, -0.1) is 0 Å². The molecule has 16 heavy (non-hydrogen) atoms. The van der Waals surface area contributed by atoms with Gasteiger partial charge in [0.15, 0.2) is 0 Å². The van der Waals surface area contributed by atoms with E-state index in [2.05, 4.69) is 0 Å². The predicted octanol–water partition coefficient (Wildman–Crippen LogP) is 2.50. The first-order valence-corrected chi connectivity index (χ1v) is 7.35. The zero-order valence-electron chi connectivity index (χ0n) is 9.52. The molecule has 1 aromatic carbocycles. The summed E-state index contributed by atoms with van der Waals surface area (Å²) >= 11 is 0. The molecule has 1 atom stereocenters. The average Bonchev–Trinajstić information content (AvgIpc) is 2.81. The minimum absolute atomic E-state index is 0.466. The van der Waals surface area contributed by atoms with Crippen molar-refractivity contribution < 1.29 is 4.21 Å². The highest BCUT2D eigenvalue weighted by Gasteiger charge is 2.20. The normalized spacial score (nSPS) is 18.8. The Bertz CT molecular complexity index is 355. The van der Waals surface area contributed by atoms with Crippen LogP contribution in [0.3, 0.4) is 0 Å². The van der Waals surface area contributed by atoms with Gasteiger partial charge >= 0.3 is 0 Å². The summed E-state index contributed by atoms with van der Waals surface area (Å²) in [6.07, 6.45) is 5.75. The molecule has 0 amide bonds. The molecular formula is C13H19NOS. The lowest BCUT2D eigenvalue weighted by Crippen LogP contribution is -2.14. The SMILES string of the molecule is Nc1ccc(CCS(=O)C2CCCC2)cc1. The Labute approximate surface area is 99.7 Å². The fourth-order valence-corrected chi connectivity index (χ4v) is 3.85. The predicted molar refractivity (Wildman–Crippen MR) is 69.8 cm³/mol. The largest absolute Gasteiger partial charge is 0.399 e. The van der Waals surface area contributed by atoms with Gasteiger partial charge in [0.2, 0.25) is 0 Å². The minimum Gasteiger partial charge on any atom is -0.399 e. The van der Waals surface area contributed by atoms with Crippen molar-refractivity contribution in [2.75, 3.05) is 11.5 Å². The standard InChI is InChI=1S/C13H19NOS/c14-12-7-5-11(6-8-12)9-10-16(15)13-3-1-2-4-13/h5-8,13H,1-4,9-10,14H2. The van der Waals surface area contributed by atoms with E-state index in [1.807, 2.05) is 24.3 Å². The third kappa shape index (κ3) is 3.08. The lowest BCUT2D eigenvalue weighted by atomic mass is 10.2. The summed E-state index contributed by atoms with van der Waals surface area (Å²) in [7, 11) is -0.632. The van der Waals surface area contributed by atoms with Crippen molar-refractivity contribution in [1.82, 2.24) is 0 Å². The van der Waals surface area contributed by atoms with Crippen LogP contribution in [0, 0.1) is 0 Å². The van der Waals surface area contributed by atoms with Gasteiger partial charge in [0, 0.05) is 27.5 Å². The topological polar surface area (TPSA) is 43.1 Å². The van der Waals surface area contributed by atoms with Crippen LogP contribution in [0.15, 0.2) is 24.3 Å². The maximum Gasteiger partial charge on any atom is 0.0348 e. The number of nitrogens with two attached hydrogens (primary N) is 1. The highest BCUT2D eigenvalue weighted by molar-refractivity contribution is 7.85. The molecule has 0 heterocycles. The van der Waals surface area contributed by atoms with Crippen LogP contribution < -0.4 is 5.73 Å². The van der Waals surface area contributed by atoms with E-state index >= 15 is 0 Å². The number of aryl methyl sites for hydroxylation is 1. The van der Waals surface area contributed by atoms with Crippen molar-refractivity contribution in [2.24, 2.45) is 0 Å². The fraction of sp³-hybridized carbons (Fsp3) is 0.538. The van der Waals surface area contributed by atoms with Crippen LogP contribution in [0.2, 0.25) is 0 Å². The van der Waals surface area contributed by atoms with Crippen LogP contribution in [-0.2, 0) is 17.2 Å². The Balaban J connectivity index is 1.82. The monoisotopic (exact) mass is 237 g/mol. The molecule has 88 valence electrons. The number of anilines is 1. The summed E-state index contributed by atoms with van der Waals surface area (Å²) in [5.41, 5.74) is 7.65. The summed E-state index contributed by atoms with van der Waals surface area (Å²) in [4.78, 5) is 0. The summed E-state index contributed by atoms with van der Waals surface area (Å²) in [6, 6.07) is 7.88. The van der Waals surface area contributed by atoms with E-state index in [1.54, 1.807) is 0 Å². The first-order valence-electron chi connectivity index (χ1n) is 5.97. The van der Waals surface area contributed by atoms with Crippen LogP contribution in [-0.4, -0.2) is 15.2 Å². The van der Waals surface area contributed by atoms with Gasteiger partial charge in [0.25, 0.3) is 0 Å². The maximum atomic E-state index is 12.0. The quantitative estimate of drug-likeness (QED) is 0.818. The van der Waals surface area contributed by atoms with E-state index < -0.39 is 10.8 Å². The van der Waals surface area contributed by atoms with Crippen molar-refractivity contribution in [2.45, 2.75) is 37.4 Å². The molecule has 0 bridgehead atoms. The zero-order valence-corrected chi connectivity index (χ0v) is 10.3. The van der Waals surface area contributed by atoms with E-state index in [-0.39, 0.29) is 0 Å². The van der Waals surface area contributed by atoms with Gasteiger partial charge in [-0.2, -0.15) is 0 Å². The molecule has 0 aliphatic heterocycles. The minimum atomic E-state index is -0.632. The Morgan fingerprint density at radius 1 is 1.19 bits per heavy atom. The van der Waals surface area contributed by atoms with Gasteiger partial charge in [0.1, 0.15) is 0 Å². The second-order valence-corrected chi connectivity index (χ2v) is 6.32. The molecule has 1 fully saturated rings. The van der Waals surface area contributed by atoms with E-state index in [0.29, 0.717) is 5.25 Å². The first kappa shape index (κ1) is 11.6. The molecule has 2 N–H and O–H groups in total. The first-order chi connectivity index (χ1) is 7.75. The van der Waals surface area contributed by atoms with Gasteiger partial charge in [-0.05, 0) is 37.0 Å². The number of nitrogen functional groups attached to an aromatic ring is 1. The summed E-state index contributed by atoms with van der Waals surface area (Å²) in [5, 5.41) is 0.466. The molecule has 0 saturated heterocycles. The lowest BCUT2D eigenvalue weighted by Gasteiger charge is -2.08. The second-order valence-electron chi connectivity index (χ2n) is 4.48. The smallest absolute Gasteiger partial charge is 0.0348 e. The maximum absolute atomic E-state index is 12.0. The Hall–Kier alpha value is -0.830. The lowest BCUT2D eigenvalue weighted by molar-refractivity contribution is 0.668. The van der Waals surface area contributed by atoms with Gasteiger partial charge < -0.3 is 5.73 Å². The molecule has 1 saturated carbocycles. The van der Waals surface area contributed by atoms with Crippen LogP contribution in [0.5, 0.6) is 0 Å². The van der Waals surface area contributed by atoms with E-state index in [9.17, 15) is 4.21 Å². The summed E-state index contributed by atoms with van der Waals surface area (Å²) in [6.45, 7) is 0. The van der Waals surface area contributed by atoms with Gasteiger partial charge in [-0.25, -0.2) is 0 Å². The third-order valence-electron chi connectivity index (χ3n) is 3.25. The van der Waals surface area contributed by atoms with Gasteiger partial charge in [-0.3, -0.25) is 4.21 Å². The van der Waals surface area contributed by atoms with Crippen LogP contribution >= 0.6 is 0 Å². The zero-order chi connectivity index (χ0) is 11.4. The molecule has 2 nitrogen and oxygen atoms in total. The molecule has 0 aromatic heterocycles. The molecule has 2 rings (SSSR count). The molecule has 3 heteroatoms. The van der Waals surface area contributed by atoms with Crippen molar-refractivity contribution >= 4 is 16.5 Å². The molecular weight excluding hydrogens is 218 g/mol. The average molecular weight is 237 g/mol. The highest BCUT2D eigenvalue weighted by atomic mass is 32.2. The molecule has 1 aromatic rings. The number of hydrogen-bond donors (Lipinski definition) is 1. The van der Waals surface area contributed by atoms with Crippen LogP contribution in [0.25, 0.3) is 0 Å². The molecule has 1 aliphatic rings. The number of hydrogen-bond acceptors (Lipinski definition) is 2. The molecule has 0 spiro atoms. The number of benzene rings is 1. The van der Waals surface area contributed by atoms with Crippen LogP contribution in [0.1, 0.15) is 31.2 Å². The van der Waals surface area contributed by atoms with Crippen molar-refractivity contribution in [3.8, 4) is 0 Å². The Morgan fingerprint density at radius 2 is 1.81 bits per heavy atom. The Morgan fingerprint density at radius 3 is 2.44 bits per heavy atom. The van der Waals surface area contributed by atoms with E-state index in [0.717, 1.165) is 30.7 Å². The molecule has 1 aliphatic carbocycles. The second kappa shape index (κ2) is 5.48. The number of rotatable bonds is 4. The van der Waals surface area contributed by atoms with E-state index in [4.69, 9.17) is 5.73 Å². The summed E-state index contributed by atoms with van der Waals surface area (Å²) in [5.74, 6) is 0.800. The third-order valence-corrected chi connectivity index (χ3v) is 5.07. The van der Waals surface area contributed by atoms with Gasteiger partial charge in [0.05, 0.1) is 0 Å². The summed E-state index contributed by atoms with van der Waals surface area (Å²) < 4.78 is 12.0. The van der Waals surface area contributed by atoms with Crippen molar-refractivity contribution in [3.05, 3.63) is 29.8 Å². The van der Waals surface area contributed by atoms with Crippen LogP contribution in [0.4, 0.5) is 5.69 Å². The van der Waals surface area contributed by atoms with Gasteiger partial charge in [-0.1, -0.05) is 25.0 Å². The molecule has 0 radical (unpaired) electrons. The fourth-order valence-electron chi connectivity index (χ4n) is 2.22.